The molecule has 0 heterocycles. The summed E-state index contributed by atoms with van der Waals surface area (Å²) >= 11 is 0. The van der Waals surface area contributed by atoms with Crippen molar-refractivity contribution in [3.8, 4) is 0 Å². The molecule has 2 aromatic carbocycles. The third-order valence-corrected chi connectivity index (χ3v) is 3.97. The molecule has 23 heavy (non-hydrogen) atoms. The molecule has 126 valence electrons. The Labute approximate surface area is 145 Å². The molecule has 0 radical (unpaired) electrons. The number of rotatable bonds is 7. The highest BCUT2D eigenvalue weighted by Gasteiger charge is 2.25. The molecule has 2 unspecified atom stereocenters. The highest BCUT2D eigenvalue weighted by atomic mass is 35.5. The zero-order valence-corrected chi connectivity index (χ0v) is 14.9. The Morgan fingerprint density at radius 1 is 1.04 bits per heavy atom. The van der Waals surface area contributed by atoms with Gasteiger partial charge in [-0.2, -0.15) is 0 Å². The number of benzene rings is 2. The quantitative estimate of drug-likeness (QED) is 0.812. The van der Waals surface area contributed by atoms with Crippen LogP contribution in [-0.4, -0.2) is 31.3 Å². The van der Waals surface area contributed by atoms with Gasteiger partial charge in [-0.25, -0.2) is 0 Å². The molecule has 3 nitrogen and oxygen atoms in total. The largest absolute Gasteiger partial charge is 0.389 e. The van der Waals surface area contributed by atoms with Gasteiger partial charge in [-0.15, -0.1) is 12.4 Å². The van der Waals surface area contributed by atoms with Gasteiger partial charge >= 0.3 is 0 Å². The maximum atomic E-state index is 10.7. The molecule has 0 bridgehead atoms. The van der Waals surface area contributed by atoms with Crippen molar-refractivity contribution in [1.29, 1.82) is 0 Å². The van der Waals surface area contributed by atoms with Gasteiger partial charge in [-0.3, -0.25) is 0 Å². The van der Waals surface area contributed by atoms with Crippen molar-refractivity contribution < 1.29 is 5.11 Å². The second-order valence-corrected chi connectivity index (χ2v) is 5.68. The van der Waals surface area contributed by atoms with Crippen molar-refractivity contribution in [2.75, 3.05) is 25.0 Å². The van der Waals surface area contributed by atoms with Crippen molar-refractivity contribution in [3.63, 3.8) is 0 Å². The molecule has 0 spiro atoms. The number of aryl methyl sites for hydroxylation is 1. The number of likely N-dealkylation sites (N-methyl/N-ethyl adjacent to an activating group) is 2. The molecule has 0 amide bonds. The lowest BCUT2D eigenvalue weighted by Gasteiger charge is -2.34. The fourth-order valence-electron chi connectivity index (χ4n) is 2.70. The maximum absolute atomic E-state index is 10.7. The van der Waals surface area contributed by atoms with Crippen LogP contribution in [0.25, 0.3) is 0 Å². The SMILES string of the molecule is CCNCC(O)C(c1ccccc1)N(C)c1ccc(C)cc1.Cl. The third kappa shape index (κ3) is 5.24. The molecular formula is C19H27ClN2O. The summed E-state index contributed by atoms with van der Waals surface area (Å²) in [5.41, 5.74) is 3.47. The van der Waals surface area contributed by atoms with Crippen molar-refractivity contribution in [2.45, 2.75) is 26.0 Å². The minimum absolute atomic E-state index is 0. The van der Waals surface area contributed by atoms with E-state index in [-0.39, 0.29) is 18.4 Å². The van der Waals surface area contributed by atoms with Crippen LogP contribution in [0, 0.1) is 6.92 Å². The second kappa shape index (κ2) is 9.56. The molecule has 0 aliphatic rings. The van der Waals surface area contributed by atoms with E-state index in [0.29, 0.717) is 6.54 Å². The van der Waals surface area contributed by atoms with Crippen LogP contribution in [-0.2, 0) is 0 Å². The number of hydrogen-bond acceptors (Lipinski definition) is 3. The molecule has 0 aliphatic heterocycles. The molecule has 2 N–H and O–H groups in total. The topological polar surface area (TPSA) is 35.5 Å². The summed E-state index contributed by atoms with van der Waals surface area (Å²) in [5.74, 6) is 0. The number of hydrogen-bond donors (Lipinski definition) is 2. The minimum Gasteiger partial charge on any atom is -0.389 e. The summed E-state index contributed by atoms with van der Waals surface area (Å²) < 4.78 is 0. The molecule has 2 atom stereocenters. The van der Waals surface area contributed by atoms with E-state index in [9.17, 15) is 5.11 Å². The fraction of sp³-hybridized carbons (Fsp3) is 0.368. The number of aliphatic hydroxyl groups excluding tert-OH is 1. The number of anilines is 1. The molecule has 0 saturated carbocycles. The van der Waals surface area contributed by atoms with Crippen molar-refractivity contribution in [3.05, 3.63) is 65.7 Å². The van der Waals surface area contributed by atoms with Crippen LogP contribution < -0.4 is 10.2 Å². The summed E-state index contributed by atoms with van der Waals surface area (Å²) in [6.45, 7) is 5.56. The number of nitrogens with one attached hydrogen (secondary N) is 1. The van der Waals surface area contributed by atoms with Gasteiger partial charge in [0.05, 0.1) is 12.1 Å². The number of nitrogens with zero attached hydrogens (tertiary/aromatic N) is 1. The first-order valence-electron chi connectivity index (χ1n) is 7.86. The smallest absolute Gasteiger partial charge is 0.0909 e. The Bertz CT molecular complexity index is 559. The Morgan fingerprint density at radius 2 is 1.65 bits per heavy atom. The van der Waals surface area contributed by atoms with E-state index in [4.69, 9.17) is 0 Å². The lowest BCUT2D eigenvalue weighted by molar-refractivity contribution is 0.141. The molecule has 4 heteroatoms. The first-order chi connectivity index (χ1) is 10.6. The van der Waals surface area contributed by atoms with Crippen LogP contribution in [0.1, 0.15) is 24.1 Å². The van der Waals surface area contributed by atoms with Crippen LogP contribution in [0.5, 0.6) is 0 Å². The summed E-state index contributed by atoms with van der Waals surface area (Å²) in [6.07, 6.45) is -0.478. The van der Waals surface area contributed by atoms with Gasteiger partial charge in [0.2, 0.25) is 0 Å². The number of aliphatic hydroxyl groups is 1. The van der Waals surface area contributed by atoms with Crippen LogP contribution in [0.4, 0.5) is 5.69 Å². The molecule has 2 aromatic rings. The molecule has 0 aliphatic carbocycles. The Kier molecular flexibility index (Phi) is 8.10. The Hall–Kier alpha value is -1.55. The van der Waals surface area contributed by atoms with Crippen molar-refractivity contribution in [2.24, 2.45) is 0 Å². The van der Waals surface area contributed by atoms with E-state index < -0.39 is 6.10 Å². The van der Waals surface area contributed by atoms with Crippen LogP contribution in [0.3, 0.4) is 0 Å². The van der Waals surface area contributed by atoms with E-state index in [1.807, 2.05) is 32.2 Å². The van der Waals surface area contributed by atoms with Gasteiger partial charge in [0.15, 0.2) is 0 Å². The van der Waals surface area contributed by atoms with E-state index in [0.717, 1.165) is 17.8 Å². The lowest BCUT2D eigenvalue weighted by Crippen LogP contribution is -2.40. The Morgan fingerprint density at radius 3 is 2.22 bits per heavy atom. The lowest BCUT2D eigenvalue weighted by atomic mass is 9.99. The van der Waals surface area contributed by atoms with E-state index in [1.54, 1.807) is 0 Å². The normalized spacial score (nSPS) is 13.0. The van der Waals surface area contributed by atoms with E-state index in [2.05, 4.69) is 53.5 Å². The van der Waals surface area contributed by atoms with Crippen molar-refractivity contribution >= 4 is 18.1 Å². The second-order valence-electron chi connectivity index (χ2n) is 5.68. The van der Waals surface area contributed by atoms with Gasteiger partial charge in [0.25, 0.3) is 0 Å². The predicted molar refractivity (Wildman–Crippen MR) is 101 cm³/mol. The van der Waals surface area contributed by atoms with Gasteiger partial charge in [-0.05, 0) is 31.2 Å². The summed E-state index contributed by atoms with van der Waals surface area (Å²) in [5, 5.41) is 13.9. The van der Waals surface area contributed by atoms with Gasteiger partial charge in [-0.1, -0.05) is 55.0 Å². The third-order valence-electron chi connectivity index (χ3n) is 3.97. The van der Waals surface area contributed by atoms with Gasteiger partial charge < -0.3 is 15.3 Å². The van der Waals surface area contributed by atoms with E-state index >= 15 is 0 Å². The summed E-state index contributed by atoms with van der Waals surface area (Å²) in [4.78, 5) is 2.15. The first-order valence-corrected chi connectivity index (χ1v) is 7.86. The van der Waals surface area contributed by atoms with Gasteiger partial charge in [0, 0.05) is 19.3 Å². The average Bonchev–Trinajstić information content (AvgIpc) is 2.54. The maximum Gasteiger partial charge on any atom is 0.0909 e. The molecule has 0 aromatic heterocycles. The monoisotopic (exact) mass is 334 g/mol. The van der Waals surface area contributed by atoms with E-state index in [1.165, 1.54) is 5.56 Å². The summed E-state index contributed by atoms with van der Waals surface area (Å²) in [6, 6.07) is 18.5. The van der Waals surface area contributed by atoms with Crippen LogP contribution in [0.15, 0.2) is 54.6 Å². The zero-order valence-electron chi connectivity index (χ0n) is 14.1. The fourth-order valence-corrected chi connectivity index (χ4v) is 2.70. The highest BCUT2D eigenvalue weighted by Crippen LogP contribution is 2.28. The highest BCUT2D eigenvalue weighted by molar-refractivity contribution is 5.85. The minimum atomic E-state index is -0.478. The standard InChI is InChI=1S/C19H26N2O.ClH/c1-4-20-14-18(22)19(16-8-6-5-7-9-16)21(3)17-12-10-15(2)11-13-17;/h5-13,18-20,22H,4,14H2,1-3H3;1H. The number of halogens is 1. The molecule has 2 rings (SSSR count). The van der Waals surface area contributed by atoms with Gasteiger partial charge in [0.1, 0.15) is 0 Å². The molecule has 0 fully saturated rings. The zero-order chi connectivity index (χ0) is 15.9. The summed E-state index contributed by atoms with van der Waals surface area (Å²) in [7, 11) is 2.04. The van der Waals surface area contributed by atoms with Crippen LogP contribution in [0.2, 0.25) is 0 Å². The Balaban J connectivity index is 0.00000264. The predicted octanol–water partition coefficient (Wildman–Crippen LogP) is 3.56. The first kappa shape index (κ1) is 19.5. The van der Waals surface area contributed by atoms with Crippen LogP contribution >= 0.6 is 12.4 Å². The van der Waals surface area contributed by atoms with Crippen molar-refractivity contribution in [1.82, 2.24) is 5.32 Å². The average molecular weight is 335 g/mol. The molecular weight excluding hydrogens is 308 g/mol. The molecule has 0 saturated heterocycles.